The highest BCUT2D eigenvalue weighted by atomic mass is 19.1. The van der Waals surface area contributed by atoms with Gasteiger partial charge in [0.1, 0.15) is 22.8 Å². The average Bonchev–Trinajstić information content (AvgIpc) is 3.45. The van der Waals surface area contributed by atoms with Gasteiger partial charge < -0.3 is 19.9 Å². The van der Waals surface area contributed by atoms with E-state index in [0.29, 0.717) is 22.3 Å². The van der Waals surface area contributed by atoms with E-state index in [1.54, 1.807) is 48.9 Å². The second-order valence-electron chi connectivity index (χ2n) is 9.72. The van der Waals surface area contributed by atoms with Crippen molar-refractivity contribution in [1.29, 1.82) is 0 Å². The van der Waals surface area contributed by atoms with Crippen LogP contribution < -0.4 is 20.3 Å². The Morgan fingerprint density at radius 2 is 1.81 bits per heavy atom. The van der Waals surface area contributed by atoms with Gasteiger partial charge in [-0.3, -0.25) is 19.3 Å². The quantitative estimate of drug-likeness (QED) is 0.558. The van der Waals surface area contributed by atoms with Crippen LogP contribution in [0.4, 0.5) is 15.8 Å². The Balaban J connectivity index is 1.70. The largest absolute Gasteiger partial charge is 0.497 e. The molecule has 0 bridgehead atoms. The lowest BCUT2D eigenvalue weighted by Crippen LogP contribution is -2.65. The van der Waals surface area contributed by atoms with Crippen LogP contribution in [0.15, 0.2) is 42.5 Å². The van der Waals surface area contributed by atoms with Crippen LogP contribution in [0, 0.1) is 5.82 Å². The van der Waals surface area contributed by atoms with Gasteiger partial charge >= 0.3 is 0 Å². The number of halogens is 1. The van der Waals surface area contributed by atoms with Crippen molar-refractivity contribution in [1.82, 2.24) is 9.88 Å². The molecule has 2 N–H and O–H groups in total. The zero-order valence-corrected chi connectivity index (χ0v) is 20.6. The molecule has 188 valence electrons. The number of benzene rings is 2. The number of anilines is 2. The molecule has 8 nitrogen and oxygen atoms in total. The summed E-state index contributed by atoms with van der Waals surface area (Å²) in [7, 11) is 1.55. The monoisotopic (exact) mass is 492 g/mol. The molecule has 2 aromatic carbocycles. The second kappa shape index (κ2) is 8.96. The van der Waals surface area contributed by atoms with Crippen LogP contribution in [0.25, 0.3) is 10.9 Å². The summed E-state index contributed by atoms with van der Waals surface area (Å²) in [5, 5.41) is 6.29. The molecule has 1 atom stereocenters. The number of nitrogens with zero attached hydrogens (tertiary/aromatic N) is 2. The standard InChI is InChI=1S/C27H29FN4O4/c1-16(33)29-23-21-14-17(28)8-13-22(21)31-15-27(2,26(35)30-18-6-4-5-7-18)32(25(34)24(23)31)19-9-11-20(36-3)12-10-19/h8-14,18H,4-7,15H2,1-3H3,(H,29,33)(H,30,35). The van der Waals surface area contributed by atoms with Gasteiger partial charge in [0.2, 0.25) is 11.8 Å². The van der Waals surface area contributed by atoms with Gasteiger partial charge in [0.15, 0.2) is 0 Å². The maximum absolute atomic E-state index is 14.2. The van der Waals surface area contributed by atoms with Crippen molar-refractivity contribution in [2.75, 3.05) is 17.3 Å². The molecule has 1 fully saturated rings. The predicted molar refractivity (Wildman–Crippen MR) is 135 cm³/mol. The van der Waals surface area contributed by atoms with E-state index < -0.39 is 17.3 Å². The molecule has 2 aliphatic rings. The summed E-state index contributed by atoms with van der Waals surface area (Å²) < 4.78 is 21.2. The van der Waals surface area contributed by atoms with Crippen molar-refractivity contribution in [2.24, 2.45) is 0 Å². The lowest BCUT2D eigenvalue weighted by atomic mass is 9.93. The van der Waals surface area contributed by atoms with Crippen LogP contribution in [-0.4, -0.2) is 41.0 Å². The molecule has 1 aromatic heterocycles. The molecule has 2 heterocycles. The minimum atomic E-state index is -1.28. The van der Waals surface area contributed by atoms with E-state index in [2.05, 4.69) is 10.6 Å². The first-order valence-electron chi connectivity index (χ1n) is 12.1. The van der Waals surface area contributed by atoms with E-state index in [4.69, 9.17) is 4.74 Å². The maximum atomic E-state index is 14.2. The highest BCUT2D eigenvalue weighted by Crippen LogP contribution is 2.41. The number of ether oxygens (including phenoxy) is 1. The Morgan fingerprint density at radius 3 is 2.44 bits per heavy atom. The smallest absolute Gasteiger partial charge is 0.278 e. The Morgan fingerprint density at radius 1 is 1.11 bits per heavy atom. The molecule has 1 unspecified atom stereocenters. The number of carbonyl (C=O) groups is 3. The Hall–Kier alpha value is -3.88. The number of rotatable bonds is 5. The molecule has 1 aliphatic carbocycles. The van der Waals surface area contributed by atoms with Gasteiger partial charge in [-0.25, -0.2) is 4.39 Å². The SMILES string of the molecule is COc1ccc(N2C(=O)c3c(NC(C)=O)c4cc(F)ccc4n3CC2(C)C(=O)NC2CCCC2)cc1. The Kier molecular flexibility index (Phi) is 5.94. The number of nitrogens with one attached hydrogen (secondary N) is 2. The molecule has 0 radical (unpaired) electrons. The normalized spacial score (nSPS) is 19.9. The summed E-state index contributed by atoms with van der Waals surface area (Å²) in [6, 6.07) is 11.2. The first kappa shape index (κ1) is 23.8. The fourth-order valence-corrected chi connectivity index (χ4v) is 5.44. The van der Waals surface area contributed by atoms with Crippen molar-refractivity contribution in [3.05, 3.63) is 54.0 Å². The van der Waals surface area contributed by atoms with Crippen LogP contribution >= 0.6 is 0 Å². The predicted octanol–water partition coefficient (Wildman–Crippen LogP) is 4.23. The fraction of sp³-hybridized carbons (Fsp3) is 0.370. The molecule has 3 aromatic rings. The average molecular weight is 493 g/mol. The minimum Gasteiger partial charge on any atom is -0.497 e. The highest BCUT2D eigenvalue weighted by Gasteiger charge is 2.50. The molecule has 0 saturated heterocycles. The van der Waals surface area contributed by atoms with Crippen LogP contribution in [0.5, 0.6) is 5.75 Å². The van der Waals surface area contributed by atoms with E-state index in [9.17, 15) is 18.8 Å². The van der Waals surface area contributed by atoms with Gasteiger partial charge in [0, 0.05) is 24.0 Å². The zero-order valence-electron chi connectivity index (χ0n) is 20.6. The molecule has 36 heavy (non-hydrogen) atoms. The lowest BCUT2D eigenvalue weighted by molar-refractivity contribution is -0.127. The third-order valence-electron chi connectivity index (χ3n) is 7.20. The van der Waals surface area contributed by atoms with Crippen LogP contribution in [-0.2, 0) is 16.1 Å². The van der Waals surface area contributed by atoms with Gasteiger partial charge in [-0.15, -0.1) is 0 Å². The summed E-state index contributed by atoms with van der Waals surface area (Å²) in [4.78, 5) is 41.6. The Bertz CT molecular complexity index is 1360. The number of methoxy groups -OCH3 is 1. The number of amides is 3. The zero-order chi connectivity index (χ0) is 25.6. The van der Waals surface area contributed by atoms with Crippen LogP contribution in [0.2, 0.25) is 0 Å². The van der Waals surface area contributed by atoms with Gasteiger partial charge in [0.25, 0.3) is 5.91 Å². The number of aromatic nitrogens is 1. The summed E-state index contributed by atoms with van der Waals surface area (Å²) in [5.74, 6) is -0.974. The fourth-order valence-electron chi connectivity index (χ4n) is 5.44. The van der Waals surface area contributed by atoms with E-state index in [0.717, 1.165) is 25.7 Å². The molecule has 1 aliphatic heterocycles. The first-order chi connectivity index (χ1) is 17.2. The molecule has 9 heteroatoms. The van der Waals surface area contributed by atoms with Gasteiger partial charge in [-0.1, -0.05) is 12.8 Å². The van der Waals surface area contributed by atoms with Crippen molar-refractivity contribution in [3.63, 3.8) is 0 Å². The second-order valence-corrected chi connectivity index (χ2v) is 9.72. The number of fused-ring (bicyclic) bond motifs is 3. The van der Waals surface area contributed by atoms with Crippen molar-refractivity contribution >= 4 is 40.0 Å². The highest BCUT2D eigenvalue weighted by molar-refractivity contribution is 6.20. The molecule has 1 saturated carbocycles. The summed E-state index contributed by atoms with van der Waals surface area (Å²) in [6.07, 6.45) is 3.92. The molecular weight excluding hydrogens is 463 g/mol. The molecule has 5 rings (SSSR count). The van der Waals surface area contributed by atoms with Crippen LogP contribution in [0.3, 0.4) is 0 Å². The maximum Gasteiger partial charge on any atom is 0.278 e. The molecule has 3 amide bonds. The minimum absolute atomic E-state index is 0.0639. The van der Waals surface area contributed by atoms with Crippen molar-refractivity contribution < 1.29 is 23.5 Å². The van der Waals surface area contributed by atoms with Crippen molar-refractivity contribution in [3.8, 4) is 5.75 Å². The van der Waals surface area contributed by atoms with E-state index in [1.807, 2.05) is 0 Å². The van der Waals surface area contributed by atoms with Gasteiger partial charge in [-0.2, -0.15) is 0 Å². The summed E-state index contributed by atoms with van der Waals surface area (Å²) >= 11 is 0. The van der Waals surface area contributed by atoms with Crippen LogP contribution in [0.1, 0.15) is 50.0 Å². The number of hydrogen-bond acceptors (Lipinski definition) is 4. The Labute approximate surface area is 208 Å². The van der Waals surface area contributed by atoms with Gasteiger partial charge in [0.05, 0.1) is 24.9 Å². The van der Waals surface area contributed by atoms with E-state index in [1.165, 1.54) is 24.0 Å². The van der Waals surface area contributed by atoms with E-state index in [-0.39, 0.29) is 35.8 Å². The molecule has 0 spiro atoms. The number of hydrogen-bond donors (Lipinski definition) is 2. The third kappa shape index (κ3) is 3.88. The van der Waals surface area contributed by atoms with Gasteiger partial charge in [-0.05, 0) is 62.2 Å². The number of carbonyl (C=O) groups excluding carboxylic acids is 3. The van der Waals surface area contributed by atoms with E-state index >= 15 is 0 Å². The third-order valence-corrected chi connectivity index (χ3v) is 7.20. The summed E-state index contributed by atoms with van der Waals surface area (Å²) in [6.45, 7) is 3.21. The topological polar surface area (TPSA) is 92.7 Å². The summed E-state index contributed by atoms with van der Waals surface area (Å²) in [5.41, 5.74) is 0.236. The lowest BCUT2D eigenvalue weighted by Gasteiger charge is -2.44. The van der Waals surface area contributed by atoms with Crippen molar-refractivity contribution in [2.45, 2.75) is 57.7 Å². The first-order valence-corrected chi connectivity index (χ1v) is 12.1. The molecular formula is C27H29FN4O4.